The van der Waals surface area contributed by atoms with Crippen LogP contribution in [0.1, 0.15) is 37.8 Å². The van der Waals surface area contributed by atoms with Gasteiger partial charge in [-0.2, -0.15) is 0 Å². The topological polar surface area (TPSA) is 50.4 Å². The van der Waals surface area contributed by atoms with Gasteiger partial charge in [0.05, 0.1) is 13.2 Å². The average molecular weight is 294 g/mol. The summed E-state index contributed by atoms with van der Waals surface area (Å²) in [6, 6.07) is 4.06. The number of ether oxygens (including phenoxy) is 1. The molecule has 1 fully saturated rings. The summed E-state index contributed by atoms with van der Waals surface area (Å²) >= 11 is 0. The van der Waals surface area contributed by atoms with E-state index < -0.39 is 0 Å². The van der Waals surface area contributed by atoms with Crippen molar-refractivity contribution in [3.05, 3.63) is 29.6 Å². The summed E-state index contributed by atoms with van der Waals surface area (Å²) in [5.74, 6) is 0.648. The lowest BCUT2D eigenvalue weighted by molar-refractivity contribution is -0.122. The Bertz CT molecular complexity index is 487. The van der Waals surface area contributed by atoms with Crippen molar-refractivity contribution >= 4 is 5.91 Å². The minimum Gasteiger partial charge on any atom is -0.496 e. The summed E-state index contributed by atoms with van der Waals surface area (Å²) in [6.45, 7) is 3.77. The summed E-state index contributed by atoms with van der Waals surface area (Å²) in [5.41, 5.74) is 0.660. The van der Waals surface area contributed by atoms with Crippen LogP contribution in [0.4, 0.5) is 4.39 Å². The van der Waals surface area contributed by atoms with E-state index in [1.807, 2.05) is 6.92 Å². The van der Waals surface area contributed by atoms with Crippen LogP contribution in [0.25, 0.3) is 0 Å². The number of amides is 1. The van der Waals surface area contributed by atoms with Gasteiger partial charge in [0.1, 0.15) is 11.6 Å². The van der Waals surface area contributed by atoms with Crippen molar-refractivity contribution in [2.24, 2.45) is 5.92 Å². The molecule has 0 radical (unpaired) electrons. The zero-order valence-corrected chi connectivity index (χ0v) is 12.6. The van der Waals surface area contributed by atoms with E-state index in [0.29, 0.717) is 23.7 Å². The number of benzene rings is 1. The van der Waals surface area contributed by atoms with Crippen LogP contribution in [0.3, 0.4) is 0 Å². The van der Waals surface area contributed by atoms with Crippen LogP contribution < -0.4 is 15.4 Å². The van der Waals surface area contributed by atoms with Crippen LogP contribution in [-0.4, -0.2) is 26.1 Å². The smallest absolute Gasteiger partial charge is 0.220 e. The molecule has 0 spiro atoms. The second-order valence-electron chi connectivity index (χ2n) is 5.59. The number of halogens is 1. The van der Waals surface area contributed by atoms with E-state index in [1.165, 1.54) is 12.1 Å². The average Bonchev–Trinajstić information content (AvgIpc) is 2.48. The van der Waals surface area contributed by atoms with Gasteiger partial charge >= 0.3 is 0 Å². The minimum atomic E-state index is -0.330. The zero-order valence-electron chi connectivity index (χ0n) is 12.6. The lowest BCUT2D eigenvalue weighted by atomic mass is 9.95. The van der Waals surface area contributed by atoms with E-state index in [2.05, 4.69) is 10.6 Å². The molecule has 0 saturated carbocycles. The first-order chi connectivity index (χ1) is 10.1. The maximum atomic E-state index is 13.4. The Morgan fingerprint density at radius 2 is 2.38 bits per heavy atom. The van der Waals surface area contributed by atoms with E-state index in [4.69, 9.17) is 4.74 Å². The molecule has 0 aliphatic carbocycles. The summed E-state index contributed by atoms with van der Waals surface area (Å²) in [6.07, 6.45) is 2.71. The number of rotatable bonds is 5. The third-order valence-electron chi connectivity index (χ3n) is 3.91. The van der Waals surface area contributed by atoms with Crippen molar-refractivity contribution in [1.29, 1.82) is 0 Å². The van der Waals surface area contributed by atoms with Crippen LogP contribution in [0.2, 0.25) is 0 Å². The molecule has 2 unspecified atom stereocenters. The fourth-order valence-electron chi connectivity index (χ4n) is 2.78. The Balaban J connectivity index is 1.95. The first kappa shape index (κ1) is 15.8. The van der Waals surface area contributed by atoms with E-state index >= 15 is 0 Å². The highest BCUT2D eigenvalue weighted by atomic mass is 19.1. The van der Waals surface area contributed by atoms with Crippen LogP contribution in [0.5, 0.6) is 5.75 Å². The van der Waals surface area contributed by atoms with Gasteiger partial charge in [0.25, 0.3) is 0 Å². The molecule has 1 aromatic rings. The molecule has 21 heavy (non-hydrogen) atoms. The maximum absolute atomic E-state index is 13.4. The van der Waals surface area contributed by atoms with Gasteiger partial charge in [-0.15, -0.1) is 0 Å². The molecule has 1 aliphatic rings. The van der Waals surface area contributed by atoms with Gasteiger partial charge in [0, 0.05) is 12.0 Å². The van der Waals surface area contributed by atoms with E-state index in [-0.39, 0.29) is 17.8 Å². The maximum Gasteiger partial charge on any atom is 0.220 e. The van der Waals surface area contributed by atoms with Crippen molar-refractivity contribution in [3.63, 3.8) is 0 Å². The molecule has 2 atom stereocenters. The van der Waals surface area contributed by atoms with E-state index in [1.54, 1.807) is 13.2 Å². The van der Waals surface area contributed by atoms with Gasteiger partial charge in [0.15, 0.2) is 0 Å². The molecule has 116 valence electrons. The fraction of sp³-hybridized carbons (Fsp3) is 0.562. The standard InChI is InChI=1S/C16H23FN2O2/c1-11(14-9-13(17)5-6-15(14)21-2)19-16(20)8-12-4-3-7-18-10-12/h5-6,9,11-12,18H,3-4,7-8,10H2,1-2H3,(H,19,20). The van der Waals surface area contributed by atoms with Crippen LogP contribution in [0.15, 0.2) is 18.2 Å². The Morgan fingerprint density at radius 3 is 3.05 bits per heavy atom. The summed E-state index contributed by atoms with van der Waals surface area (Å²) in [5, 5.41) is 6.23. The monoisotopic (exact) mass is 294 g/mol. The number of carbonyl (C=O) groups excluding carboxylic acids is 1. The third-order valence-corrected chi connectivity index (χ3v) is 3.91. The molecule has 1 aliphatic heterocycles. The molecule has 1 amide bonds. The predicted molar refractivity (Wildman–Crippen MR) is 79.7 cm³/mol. The fourth-order valence-corrected chi connectivity index (χ4v) is 2.78. The highest BCUT2D eigenvalue weighted by molar-refractivity contribution is 5.76. The van der Waals surface area contributed by atoms with Gasteiger partial charge < -0.3 is 15.4 Å². The molecule has 0 aromatic heterocycles. The number of nitrogens with one attached hydrogen (secondary N) is 2. The molecule has 5 heteroatoms. The Labute approximate surface area is 125 Å². The van der Waals surface area contributed by atoms with Crippen molar-refractivity contribution in [3.8, 4) is 5.75 Å². The predicted octanol–water partition coefficient (Wildman–Crippen LogP) is 2.40. The molecule has 1 saturated heterocycles. The van der Waals surface area contributed by atoms with Crippen molar-refractivity contribution in [1.82, 2.24) is 10.6 Å². The normalized spacial score (nSPS) is 19.9. The summed E-state index contributed by atoms with van der Waals surface area (Å²) in [4.78, 5) is 12.1. The molecule has 0 bridgehead atoms. The Hall–Kier alpha value is -1.62. The Morgan fingerprint density at radius 1 is 1.57 bits per heavy atom. The van der Waals surface area contributed by atoms with Gasteiger partial charge in [-0.25, -0.2) is 4.39 Å². The number of hydrogen-bond donors (Lipinski definition) is 2. The number of methoxy groups -OCH3 is 1. The van der Waals surface area contributed by atoms with Crippen molar-refractivity contribution in [2.75, 3.05) is 20.2 Å². The largest absolute Gasteiger partial charge is 0.496 e. The molecule has 4 nitrogen and oxygen atoms in total. The Kier molecular flexibility index (Phi) is 5.56. The molecule has 1 aromatic carbocycles. The summed E-state index contributed by atoms with van der Waals surface area (Å²) in [7, 11) is 1.54. The van der Waals surface area contributed by atoms with Gasteiger partial charge in [-0.05, 0) is 57.0 Å². The highest BCUT2D eigenvalue weighted by Crippen LogP contribution is 2.26. The lowest BCUT2D eigenvalue weighted by Crippen LogP contribution is -2.35. The molecular weight excluding hydrogens is 271 g/mol. The first-order valence-corrected chi connectivity index (χ1v) is 7.43. The second-order valence-corrected chi connectivity index (χ2v) is 5.59. The molecule has 2 rings (SSSR count). The lowest BCUT2D eigenvalue weighted by Gasteiger charge is -2.23. The van der Waals surface area contributed by atoms with E-state index in [9.17, 15) is 9.18 Å². The van der Waals surface area contributed by atoms with Crippen molar-refractivity contribution < 1.29 is 13.9 Å². The quantitative estimate of drug-likeness (QED) is 0.877. The molecule has 2 N–H and O–H groups in total. The van der Waals surface area contributed by atoms with Crippen LogP contribution >= 0.6 is 0 Å². The molecular formula is C16H23FN2O2. The zero-order chi connectivity index (χ0) is 15.2. The van der Waals surface area contributed by atoms with Gasteiger partial charge in [-0.3, -0.25) is 4.79 Å². The van der Waals surface area contributed by atoms with Crippen molar-refractivity contribution in [2.45, 2.75) is 32.2 Å². The summed E-state index contributed by atoms with van der Waals surface area (Å²) < 4.78 is 18.6. The van der Waals surface area contributed by atoms with Gasteiger partial charge in [0.2, 0.25) is 5.91 Å². The number of hydrogen-bond acceptors (Lipinski definition) is 3. The third kappa shape index (κ3) is 4.43. The van der Waals surface area contributed by atoms with Crippen LogP contribution in [0, 0.1) is 11.7 Å². The van der Waals surface area contributed by atoms with Gasteiger partial charge in [-0.1, -0.05) is 0 Å². The van der Waals surface area contributed by atoms with E-state index in [0.717, 1.165) is 25.9 Å². The molecule has 1 heterocycles. The number of piperidine rings is 1. The number of carbonyl (C=O) groups is 1. The minimum absolute atomic E-state index is 0.00233. The highest BCUT2D eigenvalue weighted by Gasteiger charge is 2.19. The first-order valence-electron chi connectivity index (χ1n) is 7.43. The SMILES string of the molecule is COc1ccc(F)cc1C(C)NC(=O)CC1CCCNC1. The van der Waals surface area contributed by atoms with Crippen LogP contribution in [-0.2, 0) is 4.79 Å². The second kappa shape index (κ2) is 7.41.